The van der Waals surface area contributed by atoms with Gasteiger partial charge in [-0.3, -0.25) is 9.48 Å². The lowest BCUT2D eigenvalue weighted by molar-refractivity contribution is 0.0693. The van der Waals surface area contributed by atoms with Gasteiger partial charge in [-0.25, -0.2) is 18.0 Å². The Hall–Kier alpha value is -4.14. The predicted molar refractivity (Wildman–Crippen MR) is 124 cm³/mol. The molecule has 1 atom stereocenters. The summed E-state index contributed by atoms with van der Waals surface area (Å²) in [5.74, 6) is -3.68. The van der Waals surface area contributed by atoms with Crippen LogP contribution in [-0.2, 0) is 6.54 Å². The van der Waals surface area contributed by atoms with Crippen LogP contribution < -0.4 is 5.43 Å². The molecule has 5 rings (SSSR count). The number of halogens is 3. The van der Waals surface area contributed by atoms with E-state index in [1.807, 2.05) is 13.8 Å². The molecule has 0 saturated heterocycles. The van der Waals surface area contributed by atoms with Crippen LogP contribution in [0.1, 0.15) is 30.2 Å². The summed E-state index contributed by atoms with van der Waals surface area (Å²) in [5, 5.41) is 14.2. The molecule has 0 bridgehead atoms. The highest BCUT2D eigenvalue weighted by Crippen LogP contribution is 2.44. The minimum Gasteiger partial charge on any atom is -0.477 e. The molecule has 0 fully saturated rings. The molecule has 4 aromatic rings. The zero-order chi connectivity index (χ0) is 25.0. The van der Waals surface area contributed by atoms with Gasteiger partial charge in [0, 0.05) is 17.3 Å². The van der Waals surface area contributed by atoms with Crippen LogP contribution in [-0.4, -0.2) is 25.4 Å². The second kappa shape index (κ2) is 8.26. The van der Waals surface area contributed by atoms with Gasteiger partial charge >= 0.3 is 5.97 Å². The molecule has 3 heterocycles. The first-order valence-corrected chi connectivity index (χ1v) is 11.0. The molecule has 2 aromatic heterocycles. The number of aromatic carboxylic acids is 1. The molecule has 6 nitrogen and oxygen atoms in total. The number of rotatable bonds is 4. The van der Waals surface area contributed by atoms with Crippen molar-refractivity contribution in [2.45, 2.75) is 26.4 Å². The van der Waals surface area contributed by atoms with Crippen LogP contribution in [0.3, 0.4) is 0 Å². The molecule has 2 aromatic carbocycles. The predicted octanol–water partition coefficient (Wildman–Crippen LogP) is 5.37. The molecule has 0 unspecified atom stereocenters. The average molecular weight is 479 g/mol. The third kappa shape index (κ3) is 3.63. The first-order chi connectivity index (χ1) is 16.7. The summed E-state index contributed by atoms with van der Waals surface area (Å²) in [5.41, 5.74) is 0.164. The highest BCUT2D eigenvalue weighted by Gasteiger charge is 2.36. The van der Waals surface area contributed by atoms with Gasteiger partial charge in [0.15, 0.2) is 5.82 Å². The van der Waals surface area contributed by atoms with E-state index >= 15 is 4.39 Å². The summed E-state index contributed by atoms with van der Waals surface area (Å²) in [6, 6.07) is 10.8. The number of carbonyl (C=O) groups is 1. The van der Waals surface area contributed by atoms with Gasteiger partial charge in [0.05, 0.1) is 18.3 Å². The highest BCUT2D eigenvalue weighted by molar-refractivity contribution is 5.92. The summed E-state index contributed by atoms with van der Waals surface area (Å²) in [6.45, 7) is 4.08. The normalized spacial score (nSPS) is 14.6. The Labute approximate surface area is 197 Å². The van der Waals surface area contributed by atoms with Gasteiger partial charge in [0.25, 0.3) is 0 Å². The van der Waals surface area contributed by atoms with Gasteiger partial charge in [0.2, 0.25) is 5.43 Å². The van der Waals surface area contributed by atoms with E-state index in [1.54, 1.807) is 4.68 Å². The highest BCUT2D eigenvalue weighted by atomic mass is 19.1. The Morgan fingerprint density at radius 2 is 1.54 bits per heavy atom. The first kappa shape index (κ1) is 22.6. The van der Waals surface area contributed by atoms with Crippen LogP contribution >= 0.6 is 0 Å². The third-order valence-corrected chi connectivity index (χ3v) is 6.32. The molecule has 0 spiro atoms. The van der Waals surface area contributed by atoms with E-state index in [2.05, 4.69) is 0 Å². The van der Waals surface area contributed by atoms with Crippen molar-refractivity contribution in [1.82, 2.24) is 14.3 Å². The molecule has 0 saturated carbocycles. The maximum absolute atomic E-state index is 15.7. The van der Waals surface area contributed by atoms with E-state index in [-0.39, 0.29) is 23.9 Å². The standard InChI is InChI=1S/C26H20F3N3O3/c1-13(2)19-12-32-23(24-21(29)25(33)18(26(34)35)11-31(19)24)20(14-3-7-16(27)8-4-14)22(30-32)15-5-9-17(28)10-6-15/h3-11,13,19H,12H2,1-2H3,(H,34,35)/t19-/m0/s1. The number of benzene rings is 2. The van der Waals surface area contributed by atoms with Crippen molar-refractivity contribution in [3.63, 3.8) is 0 Å². The molecule has 178 valence electrons. The van der Waals surface area contributed by atoms with E-state index in [0.717, 1.165) is 0 Å². The van der Waals surface area contributed by atoms with Crippen LogP contribution in [0, 0.1) is 23.4 Å². The Bertz CT molecular complexity index is 1520. The monoisotopic (exact) mass is 479 g/mol. The largest absolute Gasteiger partial charge is 0.477 e. The molecular weight excluding hydrogens is 459 g/mol. The lowest BCUT2D eigenvalue weighted by Crippen LogP contribution is -2.33. The molecule has 0 amide bonds. The zero-order valence-electron chi connectivity index (χ0n) is 18.8. The van der Waals surface area contributed by atoms with E-state index < -0.39 is 40.5 Å². The number of carboxylic acids is 1. The summed E-state index contributed by atoms with van der Waals surface area (Å²) in [7, 11) is 0. The van der Waals surface area contributed by atoms with E-state index in [0.29, 0.717) is 22.4 Å². The fourth-order valence-corrected chi connectivity index (χ4v) is 4.57. The number of carboxylic acid groups (broad SMARTS) is 1. The van der Waals surface area contributed by atoms with Gasteiger partial charge in [-0.15, -0.1) is 0 Å². The van der Waals surface area contributed by atoms with Crippen LogP contribution in [0.4, 0.5) is 13.2 Å². The lowest BCUT2D eigenvalue weighted by atomic mass is 9.94. The Morgan fingerprint density at radius 3 is 2.09 bits per heavy atom. The van der Waals surface area contributed by atoms with Crippen LogP contribution in [0.15, 0.2) is 59.5 Å². The van der Waals surface area contributed by atoms with Gasteiger partial charge in [-0.05, 0) is 47.9 Å². The van der Waals surface area contributed by atoms with E-state index in [1.165, 1.54) is 59.3 Å². The topological polar surface area (TPSA) is 77.1 Å². The van der Waals surface area contributed by atoms with Crippen LogP contribution in [0.2, 0.25) is 0 Å². The van der Waals surface area contributed by atoms with Crippen molar-refractivity contribution in [3.8, 4) is 33.8 Å². The average Bonchev–Trinajstić information content (AvgIpc) is 3.20. The summed E-state index contributed by atoms with van der Waals surface area (Å²) < 4.78 is 46.1. The van der Waals surface area contributed by atoms with E-state index in [9.17, 15) is 23.5 Å². The second-order valence-corrected chi connectivity index (χ2v) is 8.83. The van der Waals surface area contributed by atoms with Crippen molar-refractivity contribution < 1.29 is 23.1 Å². The molecule has 9 heteroatoms. The zero-order valence-corrected chi connectivity index (χ0v) is 18.8. The Balaban J connectivity index is 1.90. The maximum Gasteiger partial charge on any atom is 0.341 e. The third-order valence-electron chi connectivity index (χ3n) is 6.32. The van der Waals surface area contributed by atoms with Crippen molar-refractivity contribution in [2.75, 3.05) is 0 Å². The van der Waals surface area contributed by atoms with E-state index in [4.69, 9.17) is 5.10 Å². The molecule has 35 heavy (non-hydrogen) atoms. The Kier molecular flexibility index (Phi) is 5.35. The lowest BCUT2D eigenvalue weighted by Gasteiger charge is -2.33. The summed E-state index contributed by atoms with van der Waals surface area (Å²) in [4.78, 5) is 24.3. The number of hydrogen-bond donors (Lipinski definition) is 1. The maximum atomic E-state index is 15.7. The van der Waals surface area contributed by atoms with Crippen molar-refractivity contribution in [1.29, 1.82) is 0 Å². The number of aromatic nitrogens is 3. The van der Waals surface area contributed by atoms with Crippen molar-refractivity contribution >= 4 is 5.97 Å². The minimum absolute atomic E-state index is 0.0572. The molecule has 1 aliphatic heterocycles. The molecular formula is C26H20F3N3O3. The number of pyridine rings is 1. The van der Waals surface area contributed by atoms with Gasteiger partial charge in [-0.1, -0.05) is 26.0 Å². The molecule has 1 N–H and O–H groups in total. The van der Waals surface area contributed by atoms with Crippen LogP contribution in [0.25, 0.3) is 33.8 Å². The SMILES string of the molecule is CC(C)[C@@H]1Cn2nc(-c3ccc(F)cc3)c(-c3ccc(F)cc3)c2-c2c(F)c(=O)c(C(=O)O)cn21. The molecule has 1 aliphatic rings. The first-order valence-electron chi connectivity index (χ1n) is 11.0. The fourth-order valence-electron chi connectivity index (χ4n) is 4.57. The van der Waals surface area contributed by atoms with Crippen LogP contribution in [0.5, 0.6) is 0 Å². The molecule has 0 aliphatic carbocycles. The second-order valence-electron chi connectivity index (χ2n) is 8.83. The fraction of sp³-hybridized carbons (Fsp3) is 0.192. The number of fused-ring (bicyclic) bond motifs is 3. The summed E-state index contributed by atoms with van der Waals surface area (Å²) >= 11 is 0. The summed E-state index contributed by atoms with van der Waals surface area (Å²) in [6.07, 6.45) is 1.18. The number of nitrogens with zero attached hydrogens (tertiary/aromatic N) is 3. The van der Waals surface area contributed by atoms with Crippen molar-refractivity contribution in [3.05, 3.63) is 88.0 Å². The Morgan fingerprint density at radius 1 is 0.971 bits per heavy atom. The van der Waals surface area contributed by atoms with Gasteiger partial charge in [-0.2, -0.15) is 5.10 Å². The smallest absolute Gasteiger partial charge is 0.341 e. The van der Waals surface area contributed by atoms with Crippen molar-refractivity contribution in [2.24, 2.45) is 5.92 Å². The number of hydrogen-bond acceptors (Lipinski definition) is 3. The molecule has 0 radical (unpaired) electrons. The van der Waals surface area contributed by atoms with Gasteiger partial charge in [0.1, 0.15) is 28.6 Å². The minimum atomic E-state index is -1.52. The quantitative estimate of drug-likeness (QED) is 0.427. The van der Waals surface area contributed by atoms with Gasteiger partial charge < -0.3 is 9.67 Å².